The van der Waals surface area contributed by atoms with Crippen LogP contribution in [0.3, 0.4) is 0 Å². The van der Waals surface area contributed by atoms with Crippen molar-refractivity contribution in [1.29, 1.82) is 0 Å². The molecule has 1 aliphatic carbocycles. The van der Waals surface area contributed by atoms with Gasteiger partial charge in [0, 0.05) is 6.04 Å². The van der Waals surface area contributed by atoms with Crippen LogP contribution in [-0.2, 0) is 0 Å². The van der Waals surface area contributed by atoms with E-state index in [0.29, 0.717) is 0 Å². The third-order valence-electron chi connectivity index (χ3n) is 3.62. The second-order valence-corrected chi connectivity index (χ2v) is 5.13. The van der Waals surface area contributed by atoms with Crippen molar-refractivity contribution in [1.82, 2.24) is 5.32 Å². The van der Waals surface area contributed by atoms with Crippen LogP contribution >= 0.6 is 0 Å². The van der Waals surface area contributed by atoms with Crippen LogP contribution in [0.15, 0.2) is 12.7 Å². The van der Waals surface area contributed by atoms with Gasteiger partial charge in [0.25, 0.3) is 0 Å². The lowest BCUT2D eigenvalue weighted by atomic mass is 9.96. The molecule has 1 heteroatoms. The fourth-order valence-electron chi connectivity index (χ4n) is 2.56. The molecule has 0 bridgehead atoms. The maximum atomic E-state index is 3.76. The van der Waals surface area contributed by atoms with Gasteiger partial charge in [-0.25, -0.2) is 0 Å². The zero-order chi connectivity index (χ0) is 11.5. The molecular formula is C15H29N. The van der Waals surface area contributed by atoms with Crippen molar-refractivity contribution in [2.75, 3.05) is 6.54 Å². The first-order valence-electron chi connectivity index (χ1n) is 7.28. The number of allylic oxidation sites excluding steroid dienone is 1. The maximum Gasteiger partial charge on any atom is 0.00670 e. The van der Waals surface area contributed by atoms with Gasteiger partial charge in [0.2, 0.25) is 0 Å². The molecule has 1 saturated carbocycles. The predicted octanol–water partition coefficient (Wildman–Crippen LogP) is 4.44. The fourth-order valence-corrected chi connectivity index (χ4v) is 2.56. The molecule has 1 rings (SSSR count). The average Bonchev–Trinajstić information content (AvgIpc) is 2.25. The molecule has 0 radical (unpaired) electrons. The van der Waals surface area contributed by atoms with Gasteiger partial charge >= 0.3 is 0 Å². The van der Waals surface area contributed by atoms with Gasteiger partial charge in [0.15, 0.2) is 0 Å². The SMILES string of the molecule is C=CCCCCCNC1CCCCCCC1. The fraction of sp³-hybridized carbons (Fsp3) is 0.867. The normalized spacial score (nSPS) is 19.0. The van der Waals surface area contributed by atoms with E-state index in [4.69, 9.17) is 0 Å². The molecule has 0 aromatic heterocycles. The van der Waals surface area contributed by atoms with Crippen molar-refractivity contribution < 1.29 is 0 Å². The number of hydrogen-bond donors (Lipinski definition) is 1. The summed E-state index contributed by atoms with van der Waals surface area (Å²) in [6.45, 7) is 4.98. The van der Waals surface area contributed by atoms with E-state index in [0.717, 1.165) is 6.04 Å². The lowest BCUT2D eigenvalue weighted by molar-refractivity contribution is 0.386. The number of unbranched alkanes of at least 4 members (excludes halogenated alkanes) is 3. The molecule has 0 saturated heterocycles. The highest BCUT2D eigenvalue weighted by molar-refractivity contribution is 4.70. The second-order valence-electron chi connectivity index (χ2n) is 5.13. The highest BCUT2D eigenvalue weighted by Gasteiger charge is 2.09. The van der Waals surface area contributed by atoms with Crippen LogP contribution in [0.2, 0.25) is 0 Å². The molecule has 0 spiro atoms. The van der Waals surface area contributed by atoms with E-state index in [9.17, 15) is 0 Å². The molecule has 0 aliphatic heterocycles. The van der Waals surface area contributed by atoms with Gasteiger partial charge in [-0.2, -0.15) is 0 Å². The third kappa shape index (κ3) is 7.05. The van der Waals surface area contributed by atoms with Crippen molar-refractivity contribution >= 4 is 0 Å². The van der Waals surface area contributed by atoms with Crippen LogP contribution in [-0.4, -0.2) is 12.6 Å². The van der Waals surface area contributed by atoms with Crippen LogP contribution < -0.4 is 5.32 Å². The largest absolute Gasteiger partial charge is 0.314 e. The Hall–Kier alpha value is -0.300. The van der Waals surface area contributed by atoms with Crippen LogP contribution in [0.4, 0.5) is 0 Å². The monoisotopic (exact) mass is 223 g/mol. The van der Waals surface area contributed by atoms with E-state index in [1.165, 1.54) is 77.2 Å². The number of nitrogens with one attached hydrogen (secondary N) is 1. The van der Waals surface area contributed by atoms with Crippen LogP contribution in [0.25, 0.3) is 0 Å². The summed E-state index contributed by atoms with van der Waals surface area (Å²) in [5.41, 5.74) is 0. The smallest absolute Gasteiger partial charge is 0.00670 e. The molecule has 0 amide bonds. The zero-order valence-electron chi connectivity index (χ0n) is 10.8. The lowest BCUT2D eigenvalue weighted by Gasteiger charge is -2.21. The highest BCUT2D eigenvalue weighted by Crippen LogP contribution is 2.17. The summed E-state index contributed by atoms with van der Waals surface area (Å²) in [4.78, 5) is 0. The van der Waals surface area contributed by atoms with Crippen molar-refractivity contribution in [3.05, 3.63) is 12.7 Å². The summed E-state index contributed by atoms with van der Waals surface area (Å²) < 4.78 is 0. The summed E-state index contributed by atoms with van der Waals surface area (Å²) in [5.74, 6) is 0. The molecule has 1 aliphatic rings. The van der Waals surface area contributed by atoms with E-state index < -0.39 is 0 Å². The Kier molecular flexibility index (Phi) is 8.51. The number of hydrogen-bond acceptors (Lipinski definition) is 1. The minimum absolute atomic E-state index is 0.819. The molecule has 1 nitrogen and oxygen atoms in total. The minimum atomic E-state index is 0.819. The van der Waals surface area contributed by atoms with Gasteiger partial charge in [-0.05, 0) is 38.6 Å². The number of rotatable bonds is 7. The molecule has 0 atom stereocenters. The van der Waals surface area contributed by atoms with Crippen LogP contribution in [0.1, 0.15) is 70.6 Å². The van der Waals surface area contributed by atoms with E-state index in [2.05, 4.69) is 11.9 Å². The zero-order valence-corrected chi connectivity index (χ0v) is 10.8. The molecular weight excluding hydrogens is 194 g/mol. The van der Waals surface area contributed by atoms with Crippen molar-refractivity contribution in [2.24, 2.45) is 0 Å². The summed E-state index contributed by atoms with van der Waals surface area (Å²) in [6.07, 6.45) is 17.3. The van der Waals surface area contributed by atoms with Gasteiger partial charge in [-0.1, -0.05) is 44.6 Å². The molecule has 1 N–H and O–H groups in total. The van der Waals surface area contributed by atoms with Crippen molar-refractivity contribution in [3.63, 3.8) is 0 Å². The summed E-state index contributed by atoms with van der Waals surface area (Å²) in [7, 11) is 0. The quantitative estimate of drug-likeness (QED) is 0.497. The first-order valence-corrected chi connectivity index (χ1v) is 7.28. The van der Waals surface area contributed by atoms with Gasteiger partial charge in [-0.3, -0.25) is 0 Å². The molecule has 0 heterocycles. The topological polar surface area (TPSA) is 12.0 Å². The first kappa shape index (κ1) is 13.8. The standard InChI is InChI=1S/C15H29N/c1-2-3-4-8-11-14-16-15-12-9-6-5-7-10-13-15/h2,15-16H,1,3-14H2. The Labute approximate surface area is 102 Å². The molecule has 0 aromatic rings. The van der Waals surface area contributed by atoms with Gasteiger partial charge in [0.05, 0.1) is 0 Å². The Morgan fingerprint density at radius 1 is 0.938 bits per heavy atom. The van der Waals surface area contributed by atoms with Crippen molar-refractivity contribution in [2.45, 2.75) is 76.7 Å². The first-order chi connectivity index (χ1) is 7.93. The van der Waals surface area contributed by atoms with Gasteiger partial charge in [0.1, 0.15) is 0 Å². The van der Waals surface area contributed by atoms with E-state index in [1.54, 1.807) is 0 Å². The molecule has 16 heavy (non-hydrogen) atoms. The molecule has 94 valence electrons. The van der Waals surface area contributed by atoms with E-state index in [-0.39, 0.29) is 0 Å². The molecule has 0 aromatic carbocycles. The third-order valence-corrected chi connectivity index (χ3v) is 3.62. The van der Waals surface area contributed by atoms with E-state index >= 15 is 0 Å². The molecule has 1 fully saturated rings. The Morgan fingerprint density at radius 3 is 2.31 bits per heavy atom. The highest BCUT2D eigenvalue weighted by atomic mass is 14.9. The second kappa shape index (κ2) is 9.89. The summed E-state index contributed by atoms with van der Waals surface area (Å²) in [6, 6.07) is 0.819. The Bertz CT molecular complexity index is 157. The maximum absolute atomic E-state index is 3.76. The average molecular weight is 223 g/mol. The summed E-state index contributed by atoms with van der Waals surface area (Å²) >= 11 is 0. The van der Waals surface area contributed by atoms with E-state index in [1.807, 2.05) is 6.08 Å². The Morgan fingerprint density at radius 2 is 1.62 bits per heavy atom. The summed E-state index contributed by atoms with van der Waals surface area (Å²) in [5, 5.41) is 3.74. The van der Waals surface area contributed by atoms with Crippen molar-refractivity contribution in [3.8, 4) is 0 Å². The minimum Gasteiger partial charge on any atom is -0.314 e. The van der Waals surface area contributed by atoms with Crippen LogP contribution in [0.5, 0.6) is 0 Å². The van der Waals surface area contributed by atoms with Gasteiger partial charge in [-0.15, -0.1) is 6.58 Å². The lowest BCUT2D eigenvalue weighted by Crippen LogP contribution is -2.30. The molecule has 0 unspecified atom stereocenters. The van der Waals surface area contributed by atoms with Crippen LogP contribution in [0, 0.1) is 0 Å². The Balaban J connectivity index is 1.95. The van der Waals surface area contributed by atoms with Gasteiger partial charge < -0.3 is 5.32 Å². The predicted molar refractivity (Wildman–Crippen MR) is 72.8 cm³/mol.